The summed E-state index contributed by atoms with van der Waals surface area (Å²) in [5, 5.41) is 11.9. The van der Waals surface area contributed by atoms with Crippen molar-refractivity contribution in [1.29, 1.82) is 0 Å². The molecule has 0 bridgehead atoms. The highest BCUT2D eigenvalue weighted by molar-refractivity contribution is 5.75. The number of nitrogens with zero attached hydrogens (tertiary/aromatic N) is 1. The van der Waals surface area contributed by atoms with Crippen LogP contribution in [0.2, 0.25) is 0 Å². The van der Waals surface area contributed by atoms with Gasteiger partial charge in [0, 0.05) is 19.0 Å². The molecule has 0 saturated carbocycles. The molecule has 1 heterocycles. The molecule has 1 aromatic rings. The fourth-order valence-corrected chi connectivity index (χ4v) is 2.66. The maximum atomic E-state index is 12.5. The van der Waals surface area contributed by atoms with Crippen molar-refractivity contribution in [2.24, 2.45) is 0 Å². The van der Waals surface area contributed by atoms with Crippen LogP contribution in [0.3, 0.4) is 0 Å². The van der Waals surface area contributed by atoms with Gasteiger partial charge in [0.05, 0.1) is 13.2 Å². The lowest BCUT2D eigenvalue weighted by Gasteiger charge is -2.33. The van der Waals surface area contributed by atoms with Gasteiger partial charge in [-0.15, -0.1) is 6.42 Å². The van der Waals surface area contributed by atoms with Gasteiger partial charge in [0.1, 0.15) is 6.04 Å². The second-order valence-corrected chi connectivity index (χ2v) is 5.72. The van der Waals surface area contributed by atoms with Crippen molar-refractivity contribution in [1.82, 2.24) is 10.2 Å². The van der Waals surface area contributed by atoms with E-state index in [0.29, 0.717) is 32.6 Å². The zero-order chi connectivity index (χ0) is 17.4. The fourth-order valence-electron chi connectivity index (χ4n) is 2.66. The van der Waals surface area contributed by atoms with Gasteiger partial charge < -0.3 is 20.1 Å². The molecule has 6 heteroatoms. The summed E-state index contributed by atoms with van der Waals surface area (Å²) >= 11 is 0. The number of benzene rings is 1. The third kappa shape index (κ3) is 5.28. The lowest BCUT2D eigenvalue weighted by Crippen LogP contribution is -2.54. The van der Waals surface area contributed by atoms with E-state index in [1.54, 1.807) is 4.90 Å². The van der Waals surface area contributed by atoms with Gasteiger partial charge in [0.2, 0.25) is 0 Å². The number of morpholine rings is 1. The summed E-state index contributed by atoms with van der Waals surface area (Å²) < 4.78 is 5.29. The SMILES string of the molecule is C#CC1COCCN1C(=O)NC(CCC(=O)O)Cc1ccccc1. The first-order chi connectivity index (χ1) is 11.6. The van der Waals surface area contributed by atoms with Crippen molar-refractivity contribution in [3.05, 3.63) is 35.9 Å². The smallest absolute Gasteiger partial charge is 0.318 e. The first-order valence-corrected chi connectivity index (χ1v) is 7.97. The quantitative estimate of drug-likeness (QED) is 0.775. The molecule has 6 nitrogen and oxygen atoms in total. The predicted molar refractivity (Wildman–Crippen MR) is 89.5 cm³/mol. The highest BCUT2D eigenvalue weighted by atomic mass is 16.5. The zero-order valence-corrected chi connectivity index (χ0v) is 13.5. The number of ether oxygens (including phenoxy) is 1. The van der Waals surface area contributed by atoms with E-state index < -0.39 is 12.0 Å². The van der Waals surface area contributed by atoms with Crippen molar-refractivity contribution in [2.45, 2.75) is 31.3 Å². The highest BCUT2D eigenvalue weighted by Crippen LogP contribution is 2.11. The molecule has 1 aliphatic rings. The summed E-state index contributed by atoms with van der Waals surface area (Å²) in [6.07, 6.45) is 6.39. The van der Waals surface area contributed by atoms with Gasteiger partial charge in [-0.25, -0.2) is 4.79 Å². The van der Waals surface area contributed by atoms with Crippen LogP contribution in [0.5, 0.6) is 0 Å². The van der Waals surface area contributed by atoms with E-state index in [9.17, 15) is 9.59 Å². The molecule has 1 aromatic carbocycles. The first-order valence-electron chi connectivity index (χ1n) is 7.97. The molecule has 1 saturated heterocycles. The molecule has 2 rings (SSSR count). The average molecular weight is 330 g/mol. The van der Waals surface area contributed by atoms with Gasteiger partial charge >= 0.3 is 12.0 Å². The van der Waals surface area contributed by atoms with Crippen LogP contribution in [0.1, 0.15) is 18.4 Å². The molecule has 2 N–H and O–H groups in total. The molecule has 0 radical (unpaired) electrons. The first kappa shape index (κ1) is 17.8. The number of carboxylic acid groups (broad SMARTS) is 1. The van der Waals surface area contributed by atoms with Crippen LogP contribution in [0.15, 0.2) is 30.3 Å². The number of terminal acetylenes is 1. The Hall–Kier alpha value is -2.52. The molecule has 24 heavy (non-hydrogen) atoms. The molecule has 1 aliphatic heterocycles. The van der Waals surface area contributed by atoms with E-state index >= 15 is 0 Å². The molecule has 2 amide bonds. The molecule has 2 unspecified atom stereocenters. The highest BCUT2D eigenvalue weighted by Gasteiger charge is 2.27. The Labute approximate surface area is 141 Å². The lowest BCUT2D eigenvalue weighted by molar-refractivity contribution is -0.137. The largest absolute Gasteiger partial charge is 0.481 e. The number of hydrogen-bond acceptors (Lipinski definition) is 3. The van der Waals surface area contributed by atoms with E-state index in [2.05, 4.69) is 11.2 Å². The number of nitrogens with one attached hydrogen (secondary N) is 1. The van der Waals surface area contributed by atoms with Crippen molar-refractivity contribution >= 4 is 12.0 Å². The van der Waals surface area contributed by atoms with E-state index in [-0.39, 0.29) is 18.5 Å². The van der Waals surface area contributed by atoms with Crippen molar-refractivity contribution in [3.8, 4) is 12.3 Å². The van der Waals surface area contributed by atoms with E-state index in [1.807, 2.05) is 30.3 Å². The molecule has 0 spiro atoms. The van der Waals surface area contributed by atoms with Crippen molar-refractivity contribution in [2.75, 3.05) is 19.8 Å². The van der Waals surface area contributed by atoms with Crippen molar-refractivity contribution < 1.29 is 19.4 Å². The van der Waals surface area contributed by atoms with Crippen LogP contribution in [-0.4, -0.2) is 53.8 Å². The fraction of sp³-hybridized carbons (Fsp3) is 0.444. The predicted octanol–water partition coefficient (Wildman–Crippen LogP) is 1.51. The summed E-state index contributed by atoms with van der Waals surface area (Å²) in [5.41, 5.74) is 1.05. The minimum atomic E-state index is -0.879. The van der Waals surface area contributed by atoms with Crippen LogP contribution in [0.4, 0.5) is 4.79 Å². The van der Waals surface area contributed by atoms with E-state index in [0.717, 1.165) is 5.56 Å². The molecule has 1 fully saturated rings. The van der Waals surface area contributed by atoms with Gasteiger partial charge in [-0.05, 0) is 18.4 Å². The van der Waals surface area contributed by atoms with Crippen LogP contribution >= 0.6 is 0 Å². The summed E-state index contributed by atoms with van der Waals surface area (Å²) in [5.74, 6) is 1.67. The molecule has 128 valence electrons. The maximum absolute atomic E-state index is 12.5. The Kier molecular flexibility index (Phi) is 6.64. The number of carbonyl (C=O) groups excluding carboxylic acids is 1. The molecular weight excluding hydrogens is 308 g/mol. The normalized spacial score (nSPS) is 18.5. The third-order valence-corrected chi connectivity index (χ3v) is 3.94. The van der Waals surface area contributed by atoms with E-state index in [1.165, 1.54) is 0 Å². The number of urea groups is 1. The molecular formula is C18H22N2O4. The van der Waals surface area contributed by atoms with Gasteiger partial charge in [0.25, 0.3) is 0 Å². The number of carboxylic acids is 1. The van der Waals surface area contributed by atoms with Crippen LogP contribution < -0.4 is 5.32 Å². The Morgan fingerprint density at radius 3 is 2.83 bits per heavy atom. The standard InChI is InChI=1S/C18H22N2O4/c1-2-16-13-24-11-10-20(16)18(23)19-15(8-9-17(21)22)12-14-6-4-3-5-7-14/h1,3-7,15-16H,8-13H2,(H,19,23)(H,21,22). The Balaban J connectivity index is 2.01. The van der Waals surface area contributed by atoms with Gasteiger partial charge in [-0.3, -0.25) is 4.79 Å². The number of hydrogen-bond donors (Lipinski definition) is 2. The monoisotopic (exact) mass is 330 g/mol. The number of aliphatic carboxylic acids is 1. The van der Waals surface area contributed by atoms with Gasteiger partial charge in [0.15, 0.2) is 0 Å². The summed E-state index contributed by atoms with van der Waals surface area (Å²) in [7, 11) is 0. The molecule has 2 atom stereocenters. The van der Waals surface area contributed by atoms with Crippen molar-refractivity contribution in [3.63, 3.8) is 0 Å². The minimum Gasteiger partial charge on any atom is -0.481 e. The average Bonchev–Trinajstić information content (AvgIpc) is 2.60. The number of carbonyl (C=O) groups is 2. The van der Waals surface area contributed by atoms with E-state index in [4.69, 9.17) is 16.3 Å². The second kappa shape index (κ2) is 8.94. The Morgan fingerprint density at radius 2 is 2.17 bits per heavy atom. The summed E-state index contributed by atoms with van der Waals surface area (Å²) in [6.45, 7) is 1.20. The summed E-state index contributed by atoms with van der Waals surface area (Å²) in [4.78, 5) is 25.0. The minimum absolute atomic E-state index is 0.000537. The summed E-state index contributed by atoms with van der Waals surface area (Å²) in [6, 6.07) is 8.74. The van der Waals surface area contributed by atoms with Crippen LogP contribution in [0.25, 0.3) is 0 Å². The van der Waals surface area contributed by atoms with Gasteiger partial charge in [-0.2, -0.15) is 0 Å². The topological polar surface area (TPSA) is 78.9 Å². The Morgan fingerprint density at radius 1 is 1.42 bits per heavy atom. The number of amides is 2. The molecule has 0 aromatic heterocycles. The van der Waals surface area contributed by atoms with Crippen LogP contribution in [0, 0.1) is 12.3 Å². The Bertz CT molecular complexity index is 597. The zero-order valence-electron chi connectivity index (χ0n) is 13.5. The maximum Gasteiger partial charge on any atom is 0.318 e. The van der Waals surface area contributed by atoms with Gasteiger partial charge in [-0.1, -0.05) is 36.3 Å². The molecule has 0 aliphatic carbocycles. The van der Waals surface area contributed by atoms with Crippen LogP contribution in [-0.2, 0) is 16.0 Å². The number of rotatable bonds is 6. The second-order valence-electron chi connectivity index (χ2n) is 5.72. The lowest BCUT2D eigenvalue weighted by atomic mass is 10.0. The third-order valence-electron chi connectivity index (χ3n) is 3.94.